The predicted octanol–water partition coefficient (Wildman–Crippen LogP) is 4.71. The molecule has 4 heteroatoms. The number of aliphatic carboxylic acids is 1. The molecule has 0 radical (unpaired) electrons. The van der Waals surface area contributed by atoms with Crippen LogP contribution in [0.4, 0.5) is 0 Å². The van der Waals surface area contributed by atoms with Crippen molar-refractivity contribution in [3.05, 3.63) is 71.4 Å². The molecule has 0 aliphatic rings. The average molecular weight is 351 g/mol. The molecule has 3 rings (SSSR count). The highest BCUT2D eigenvalue weighted by Gasteiger charge is 2.32. The maximum absolute atomic E-state index is 12.1. The lowest BCUT2D eigenvalue weighted by atomic mass is 9.99. The minimum Gasteiger partial charge on any atom is -0.479 e. The van der Waals surface area contributed by atoms with Crippen LogP contribution in [0.25, 0.3) is 10.9 Å². The number of carboxylic acid groups (broad SMARTS) is 1. The fraction of sp³-hybridized carbons (Fsp3) is 0.318. The van der Waals surface area contributed by atoms with Gasteiger partial charge in [0.25, 0.3) is 0 Å². The lowest BCUT2D eigenvalue weighted by molar-refractivity contribution is -0.161. The van der Waals surface area contributed by atoms with Crippen molar-refractivity contribution in [2.24, 2.45) is 7.05 Å². The van der Waals surface area contributed by atoms with E-state index < -0.39 is 17.7 Å². The van der Waals surface area contributed by atoms with Crippen LogP contribution in [0.5, 0.6) is 0 Å². The Kier molecular flexibility index (Phi) is 4.88. The van der Waals surface area contributed by atoms with Crippen LogP contribution in [-0.4, -0.2) is 21.2 Å². The molecule has 1 aromatic heterocycles. The van der Waals surface area contributed by atoms with Gasteiger partial charge in [-0.2, -0.15) is 0 Å². The maximum Gasteiger partial charge on any atom is 0.339 e. The molecule has 0 saturated heterocycles. The number of hydrogen-bond donors (Lipinski definition) is 1. The number of aromatic nitrogens is 1. The second-order valence-electron chi connectivity index (χ2n) is 7.55. The summed E-state index contributed by atoms with van der Waals surface area (Å²) in [6.07, 6.45) is -0.361. The molecule has 1 N–H and O–H groups in total. The standard InChI is InChI=1S/C22H25NO3/c1-22(2,3)26-20(21(24)25)19-17(14-15-10-6-5-7-11-15)16-12-8-9-13-18(16)23(19)4/h5-13,20H,14H2,1-4H3,(H,24,25). The molecule has 3 aromatic rings. The molecule has 4 nitrogen and oxygen atoms in total. The minimum absolute atomic E-state index is 0.566. The van der Waals surface area contributed by atoms with Gasteiger partial charge in [0.05, 0.1) is 11.3 Å². The SMILES string of the molecule is Cn1c(C(OC(C)(C)C)C(=O)O)c(Cc2ccccc2)c2ccccc21. The van der Waals surface area contributed by atoms with Crippen LogP contribution < -0.4 is 0 Å². The summed E-state index contributed by atoms with van der Waals surface area (Å²) in [6, 6.07) is 18.1. The third kappa shape index (κ3) is 3.65. The number of benzene rings is 2. The van der Waals surface area contributed by atoms with Gasteiger partial charge in [0, 0.05) is 18.0 Å². The van der Waals surface area contributed by atoms with Crippen molar-refractivity contribution >= 4 is 16.9 Å². The third-order valence-electron chi connectivity index (χ3n) is 4.43. The van der Waals surface area contributed by atoms with Crippen LogP contribution in [0, 0.1) is 0 Å². The first-order valence-electron chi connectivity index (χ1n) is 8.78. The molecule has 0 aliphatic carbocycles. The third-order valence-corrected chi connectivity index (χ3v) is 4.43. The van der Waals surface area contributed by atoms with Crippen LogP contribution in [0.2, 0.25) is 0 Å². The first kappa shape index (κ1) is 18.2. The highest BCUT2D eigenvalue weighted by atomic mass is 16.5. The Hall–Kier alpha value is -2.59. The number of carbonyl (C=O) groups is 1. The van der Waals surface area contributed by atoms with Crippen molar-refractivity contribution in [1.29, 1.82) is 0 Å². The van der Waals surface area contributed by atoms with Gasteiger partial charge in [-0.3, -0.25) is 0 Å². The Bertz CT molecular complexity index is 920. The van der Waals surface area contributed by atoms with E-state index in [1.54, 1.807) is 0 Å². The van der Waals surface area contributed by atoms with Crippen LogP contribution in [0.3, 0.4) is 0 Å². The number of aryl methyl sites for hydroxylation is 1. The molecular weight excluding hydrogens is 326 g/mol. The highest BCUT2D eigenvalue weighted by molar-refractivity contribution is 5.88. The molecule has 26 heavy (non-hydrogen) atoms. The number of para-hydroxylation sites is 1. The zero-order valence-corrected chi connectivity index (χ0v) is 15.7. The van der Waals surface area contributed by atoms with Gasteiger partial charge in [-0.05, 0) is 44.4 Å². The molecule has 136 valence electrons. The van der Waals surface area contributed by atoms with Crippen LogP contribution >= 0.6 is 0 Å². The quantitative estimate of drug-likeness (QED) is 0.724. The van der Waals surface area contributed by atoms with Gasteiger partial charge < -0.3 is 14.4 Å². The molecule has 0 saturated carbocycles. The first-order valence-corrected chi connectivity index (χ1v) is 8.78. The van der Waals surface area contributed by atoms with Gasteiger partial charge in [-0.15, -0.1) is 0 Å². The van der Waals surface area contributed by atoms with Gasteiger partial charge in [-0.25, -0.2) is 4.79 Å². The zero-order chi connectivity index (χ0) is 18.9. The Balaban J connectivity index is 2.21. The summed E-state index contributed by atoms with van der Waals surface area (Å²) < 4.78 is 7.91. The molecule has 1 unspecified atom stereocenters. The zero-order valence-electron chi connectivity index (χ0n) is 15.7. The summed E-state index contributed by atoms with van der Waals surface area (Å²) in [6.45, 7) is 5.63. The van der Waals surface area contributed by atoms with E-state index in [-0.39, 0.29) is 0 Å². The van der Waals surface area contributed by atoms with Crippen LogP contribution in [0.15, 0.2) is 54.6 Å². The number of fused-ring (bicyclic) bond motifs is 1. The van der Waals surface area contributed by atoms with Crippen molar-refractivity contribution < 1.29 is 14.6 Å². The number of rotatable bonds is 5. The summed E-state index contributed by atoms with van der Waals surface area (Å²) in [7, 11) is 1.91. The van der Waals surface area contributed by atoms with Crippen molar-refractivity contribution in [2.45, 2.75) is 38.9 Å². The Morgan fingerprint density at radius 1 is 1.08 bits per heavy atom. The van der Waals surface area contributed by atoms with E-state index >= 15 is 0 Å². The van der Waals surface area contributed by atoms with Crippen molar-refractivity contribution in [2.75, 3.05) is 0 Å². The highest BCUT2D eigenvalue weighted by Crippen LogP contribution is 2.35. The summed E-state index contributed by atoms with van der Waals surface area (Å²) >= 11 is 0. The average Bonchev–Trinajstić information content (AvgIpc) is 2.85. The summed E-state index contributed by atoms with van der Waals surface area (Å²) in [4.78, 5) is 12.1. The monoisotopic (exact) mass is 351 g/mol. The first-order chi connectivity index (χ1) is 12.3. The predicted molar refractivity (Wildman–Crippen MR) is 103 cm³/mol. The Morgan fingerprint density at radius 3 is 2.31 bits per heavy atom. The van der Waals surface area contributed by atoms with E-state index in [4.69, 9.17) is 4.74 Å². The molecule has 0 aliphatic heterocycles. The Morgan fingerprint density at radius 2 is 1.69 bits per heavy atom. The largest absolute Gasteiger partial charge is 0.479 e. The summed E-state index contributed by atoms with van der Waals surface area (Å²) in [5.41, 5.74) is 3.30. The van der Waals surface area contributed by atoms with E-state index in [1.807, 2.05) is 74.9 Å². The Labute approximate surface area is 154 Å². The van der Waals surface area contributed by atoms with Crippen molar-refractivity contribution in [3.63, 3.8) is 0 Å². The molecule has 1 heterocycles. The van der Waals surface area contributed by atoms with Gasteiger partial charge in [-0.1, -0.05) is 48.5 Å². The summed E-state index contributed by atoms with van der Waals surface area (Å²) in [5, 5.41) is 11.0. The second kappa shape index (κ2) is 6.96. The summed E-state index contributed by atoms with van der Waals surface area (Å²) in [5.74, 6) is -0.972. The van der Waals surface area contributed by atoms with Gasteiger partial charge in [0.2, 0.25) is 0 Å². The molecule has 0 bridgehead atoms. The smallest absolute Gasteiger partial charge is 0.339 e. The fourth-order valence-corrected chi connectivity index (χ4v) is 3.39. The maximum atomic E-state index is 12.1. The topological polar surface area (TPSA) is 51.5 Å². The molecule has 0 spiro atoms. The normalized spacial score (nSPS) is 13.1. The van der Waals surface area contributed by atoms with Gasteiger partial charge in [0.15, 0.2) is 6.10 Å². The molecule has 2 aromatic carbocycles. The van der Waals surface area contributed by atoms with Crippen molar-refractivity contribution in [3.8, 4) is 0 Å². The number of nitrogens with zero attached hydrogens (tertiary/aromatic N) is 1. The molecule has 0 fully saturated rings. The molecular formula is C22H25NO3. The van der Waals surface area contributed by atoms with Crippen LogP contribution in [0.1, 0.15) is 43.7 Å². The fourth-order valence-electron chi connectivity index (χ4n) is 3.39. The van der Waals surface area contributed by atoms with Crippen LogP contribution in [-0.2, 0) is 23.0 Å². The van der Waals surface area contributed by atoms with Gasteiger partial charge >= 0.3 is 5.97 Å². The lowest BCUT2D eigenvalue weighted by Gasteiger charge is -2.26. The number of hydrogen-bond acceptors (Lipinski definition) is 2. The lowest BCUT2D eigenvalue weighted by Crippen LogP contribution is -2.29. The van der Waals surface area contributed by atoms with E-state index in [1.165, 1.54) is 0 Å². The number of ether oxygens (including phenoxy) is 1. The van der Waals surface area contributed by atoms with Gasteiger partial charge in [0.1, 0.15) is 0 Å². The van der Waals surface area contributed by atoms with E-state index in [2.05, 4.69) is 12.1 Å². The van der Waals surface area contributed by atoms with Crippen molar-refractivity contribution in [1.82, 2.24) is 4.57 Å². The van der Waals surface area contributed by atoms with E-state index in [0.717, 1.165) is 22.0 Å². The van der Waals surface area contributed by atoms with E-state index in [0.29, 0.717) is 12.1 Å². The second-order valence-corrected chi connectivity index (χ2v) is 7.55. The minimum atomic E-state index is -1.02. The molecule has 1 atom stereocenters. The number of carboxylic acids is 1. The van der Waals surface area contributed by atoms with E-state index in [9.17, 15) is 9.90 Å². The molecule has 0 amide bonds.